The van der Waals surface area contributed by atoms with Crippen LogP contribution in [-0.2, 0) is 6.54 Å². The summed E-state index contributed by atoms with van der Waals surface area (Å²) in [7, 11) is 3.68. The van der Waals surface area contributed by atoms with Crippen molar-refractivity contribution in [3.05, 3.63) is 47.9 Å². The van der Waals surface area contributed by atoms with Gasteiger partial charge in [0.25, 0.3) is 0 Å². The van der Waals surface area contributed by atoms with Gasteiger partial charge >= 0.3 is 0 Å². The molecular formula is C17H24N2O2. The molecule has 4 nitrogen and oxygen atoms in total. The van der Waals surface area contributed by atoms with Crippen molar-refractivity contribution in [2.45, 2.75) is 26.4 Å². The SMILES string of the molecule is CCN(Cc1ccco1)c1cccc(OC)c1C(C)NC. The van der Waals surface area contributed by atoms with E-state index in [0.29, 0.717) is 0 Å². The van der Waals surface area contributed by atoms with Crippen LogP contribution < -0.4 is 15.0 Å². The molecule has 4 heteroatoms. The van der Waals surface area contributed by atoms with Crippen LogP contribution in [0.2, 0.25) is 0 Å². The van der Waals surface area contributed by atoms with Gasteiger partial charge < -0.3 is 19.4 Å². The summed E-state index contributed by atoms with van der Waals surface area (Å²) in [5.74, 6) is 1.87. The average molecular weight is 288 g/mol. The number of nitrogens with zero attached hydrogens (tertiary/aromatic N) is 1. The van der Waals surface area contributed by atoms with Crippen molar-refractivity contribution in [3.8, 4) is 5.75 Å². The molecule has 0 aliphatic carbocycles. The molecule has 0 bridgehead atoms. The van der Waals surface area contributed by atoms with Gasteiger partial charge in [0.1, 0.15) is 11.5 Å². The molecule has 114 valence electrons. The van der Waals surface area contributed by atoms with Crippen molar-refractivity contribution in [1.29, 1.82) is 0 Å². The lowest BCUT2D eigenvalue weighted by Crippen LogP contribution is -2.25. The summed E-state index contributed by atoms with van der Waals surface area (Å²) in [4.78, 5) is 2.30. The molecule has 0 spiro atoms. The van der Waals surface area contributed by atoms with Crippen molar-refractivity contribution in [1.82, 2.24) is 5.32 Å². The number of benzene rings is 1. The summed E-state index contributed by atoms with van der Waals surface area (Å²) in [6.07, 6.45) is 1.71. The van der Waals surface area contributed by atoms with Crippen LogP contribution in [0.15, 0.2) is 41.0 Å². The number of methoxy groups -OCH3 is 1. The van der Waals surface area contributed by atoms with E-state index in [1.807, 2.05) is 31.3 Å². The van der Waals surface area contributed by atoms with E-state index in [9.17, 15) is 0 Å². The summed E-state index contributed by atoms with van der Waals surface area (Å²) in [6.45, 7) is 5.94. The molecule has 1 aromatic carbocycles. The van der Waals surface area contributed by atoms with Crippen LogP contribution >= 0.6 is 0 Å². The number of hydrogen-bond acceptors (Lipinski definition) is 4. The summed E-state index contributed by atoms with van der Waals surface area (Å²) in [5.41, 5.74) is 2.35. The Labute approximate surface area is 126 Å². The van der Waals surface area contributed by atoms with Crippen LogP contribution in [0, 0.1) is 0 Å². The third kappa shape index (κ3) is 3.39. The highest BCUT2D eigenvalue weighted by atomic mass is 16.5. The van der Waals surface area contributed by atoms with Crippen molar-refractivity contribution < 1.29 is 9.15 Å². The Kier molecular flexibility index (Phi) is 5.28. The summed E-state index contributed by atoms with van der Waals surface area (Å²) in [6, 6.07) is 10.3. The molecule has 0 saturated carbocycles. The van der Waals surface area contributed by atoms with Gasteiger partial charge in [-0.05, 0) is 45.2 Å². The maximum atomic E-state index is 5.55. The lowest BCUT2D eigenvalue weighted by Gasteiger charge is -2.28. The van der Waals surface area contributed by atoms with Crippen molar-refractivity contribution in [2.24, 2.45) is 0 Å². The van der Waals surface area contributed by atoms with E-state index >= 15 is 0 Å². The van der Waals surface area contributed by atoms with Gasteiger partial charge in [0, 0.05) is 23.8 Å². The first kappa shape index (κ1) is 15.4. The van der Waals surface area contributed by atoms with E-state index in [1.165, 1.54) is 11.3 Å². The van der Waals surface area contributed by atoms with Gasteiger partial charge in [0.2, 0.25) is 0 Å². The Balaban J connectivity index is 2.40. The fourth-order valence-electron chi connectivity index (χ4n) is 2.52. The van der Waals surface area contributed by atoms with E-state index in [-0.39, 0.29) is 6.04 Å². The summed E-state index contributed by atoms with van der Waals surface area (Å²) < 4.78 is 11.0. The summed E-state index contributed by atoms with van der Waals surface area (Å²) in [5, 5.41) is 3.30. The standard InChI is InChI=1S/C17H24N2O2/c1-5-19(12-14-8-7-11-21-14)15-9-6-10-16(20-4)17(15)13(2)18-3/h6-11,13,18H,5,12H2,1-4H3. The molecule has 2 aromatic rings. The zero-order chi connectivity index (χ0) is 15.2. The van der Waals surface area contributed by atoms with Gasteiger partial charge in [-0.25, -0.2) is 0 Å². The maximum absolute atomic E-state index is 5.55. The topological polar surface area (TPSA) is 37.6 Å². The average Bonchev–Trinajstić information content (AvgIpc) is 3.04. The Hall–Kier alpha value is -1.94. The van der Waals surface area contributed by atoms with Gasteiger partial charge in [0.05, 0.1) is 19.9 Å². The largest absolute Gasteiger partial charge is 0.496 e. The second kappa shape index (κ2) is 7.18. The van der Waals surface area contributed by atoms with Gasteiger partial charge in [-0.3, -0.25) is 0 Å². The smallest absolute Gasteiger partial charge is 0.125 e. The first-order valence-corrected chi connectivity index (χ1v) is 7.32. The zero-order valence-corrected chi connectivity index (χ0v) is 13.2. The molecule has 1 aromatic heterocycles. The van der Waals surface area contributed by atoms with Gasteiger partial charge in [-0.2, -0.15) is 0 Å². The molecule has 1 unspecified atom stereocenters. The van der Waals surface area contributed by atoms with E-state index in [4.69, 9.17) is 9.15 Å². The van der Waals surface area contributed by atoms with Gasteiger partial charge in [0.15, 0.2) is 0 Å². The van der Waals surface area contributed by atoms with Crippen LogP contribution in [0.1, 0.15) is 31.2 Å². The maximum Gasteiger partial charge on any atom is 0.125 e. The van der Waals surface area contributed by atoms with Crippen LogP contribution in [-0.4, -0.2) is 20.7 Å². The number of anilines is 1. The van der Waals surface area contributed by atoms with Crippen LogP contribution in [0.3, 0.4) is 0 Å². The van der Waals surface area contributed by atoms with E-state index in [1.54, 1.807) is 13.4 Å². The Bertz CT molecular complexity index is 552. The van der Waals surface area contributed by atoms with Crippen LogP contribution in [0.4, 0.5) is 5.69 Å². The predicted molar refractivity (Wildman–Crippen MR) is 85.9 cm³/mol. The minimum atomic E-state index is 0.210. The first-order valence-electron chi connectivity index (χ1n) is 7.32. The molecule has 1 N–H and O–H groups in total. The number of nitrogens with one attached hydrogen (secondary N) is 1. The Morgan fingerprint density at radius 3 is 2.67 bits per heavy atom. The second-order valence-electron chi connectivity index (χ2n) is 5.00. The molecule has 21 heavy (non-hydrogen) atoms. The normalized spacial score (nSPS) is 12.2. The molecule has 0 amide bonds. The minimum absolute atomic E-state index is 0.210. The zero-order valence-electron chi connectivity index (χ0n) is 13.2. The number of ether oxygens (including phenoxy) is 1. The quantitative estimate of drug-likeness (QED) is 0.845. The lowest BCUT2D eigenvalue weighted by atomic mass is 10.0. The van der Waals surface area contributed by atoms with Crippen molar-refractivity contribution in [2.75, 3.05) is 25.6 Å². The van der Waals surface area contributed by atoms with Gasteiger partial charge in [-0.15, -0.1) is 0 Å². The van der Waals surface area contributed by atoms with Crippen molar-refractivity contribution >= 4 is 5.69 Å². The molecule has 0 radical (unpaired) electrons. The van der Waals surface area contributed by atoms with Gasteiger partial charge in [-0.1, -0.05) is 6.07 Å². The molecular weight excluding hydrogens is 264 g/mol. The van der Waals surface area contributed by atoms with E-state index < -0.39 is 0 Å². The third-order valence-electron chi connectivity index (χ3n) is 3.78. The molecule has 0 aliphatic heterocycles. The highest BCUT2D eigenvalue weighted by Crippen LogP contribution is 2.35. The predicted octanol–water partition coefficient (Wildman–Crippen LogP) is 3.60. The molecule has 2 rings (SSSR count). The minimum Gasteiger partial charge on any atom is -0.496 e. The first-order chi connectivity index (χ1) is 10.2. The van der Waals surface area contributed by atoms with E-state index in [2.05, 4.69) is 30.1 Å². The molecule has 0 saturated heterocycles. The molecule has 0 fully saturated rings. The Morgan fingerprint density at radius 2 is 2.10 bits per heavy atom. The van der Waals surface area contributed by atoms with Crippen LogP contribution in [0.5, 0.6) is 5.75 Å². The Morgan fingerprint density at radius 1 is 1.29 bits per heavy atom. The lowest BCUT2D eigenvalue weighted by molar-refractivity contribution is 0.403. The van der Waals surface area contributed by atoms with E-state index in [0.717, 1.165) is 24.6 Å². The molecule has 0 aliphatic rings. The number of hydrogen-bond donors (Lipinski definition) is 1. The monoisotopic (exact) mass is 288 g/mol. The molecule has 1 heterocycles. The fraction of sp³-hybridized carbons (Fsp3) is 0.412. The van der Waals surface area contributed by atoms with Crippen LogP contribution in [0.25, 0.3) is 0 Å². The summed E-state index contributed by atoms with van der Waals surface area (Å²) >= 11 is 0. The highest BCUT2D eigenvalue weighted by Gasteiger charge is 2.19. The molecule has 1 atom stereocenters. The fourth-order valence-corrected chi connectivity index (χ4v) is 2.52. The number of furan rings is 1. The second-order valence-corrected chi connectivity index (χ2v) is 5.00. The third-order valence-corrected chi connectivity index (χ3v) is 3.78. The number of rotatable bonds is 7. The van der Waals surface area contributed by atoms with Crippen molar-refractivity contribution in [3.63, 3.8) is 0 Å². The highest BCUT2D eigenvalue weighted by molar-refractivity contribution is 5.60.